The van der Waals surface area contributed by atoms with Crippen LogP contribution in [-0.4, -0.2) is 19.8 Å². The van der Waals surface area contributed by atoms with Gasteiger partial charge in [0.25, 0.3) is 0 Å². The zero-order valence-corrected chi connectivity index (χ0v) is 10.9. The Morgan fingerprint density at radius 3 is 2.95 bits per heavy atom. The van der Waals surface area contributed by atoms with Crippen molar-refractivity contribution in [1.82, 2.24) is 25.1 Å². The van der Waals surface area contributed by atoms with E-state index in [2.05, 4.69) is 20.6 Å². The molecule has 3 aromatic heterocycles. The van der Waals surface area contributed by atoms with Gasteiger partial charge in [-0.3, -0.25) is 0 Å². The molecular formula is C13H15N5O. The molecule has 0 bridgehead atoms. The standard InChI is InChI=1S/C13H15N5O/c1-9-3-13-15-6-11(8-18(13)16-9)5-14-7-12-4-10(2)19-17-12/h3-4,6,8,14H,5,7H2,1-2H3. The zero-order valence-electron chi connectivity index (χ0n) is 10.9. The summed E-state index contributed by atoms with van der Waals surface area (Å²) < 4.78 is 6.81. The van der Waals surface area contributed by atoms with Gasteiger partial charge in [0.15, 0.2) is 5.65 Å². The number of aromatic nitrogens is 4. The second kappa shape index (κ2) is 4.81. The quantitative estimate of drug-likeness (QED) is 0.769. The first-order chi connectivity index (χ1) is 9.20. The lowest BCUT2D eigenvalue weighted by Crippen LogP contribution is -2.13. The fourth-order valence-corrected chi connectivity index (χ4v) is 1.96. The van der Waals surface area contributed by atoms with Crippen LogP contribution in [0.3, 0.4) is 0 Å². The third-order valence-corrected chi connectivity index (χ3v) is 2.80. The molecule has 0 aliphatic carbocycles. The summed E-state index contributed by atoms with van der Waals surface area (Å²) in [6.07, 6.45) is 3.84. The summed E-state index contributed by atoms with van der Waals surface area (Å²) in [5.74, 6) is 0.826. The Labute approximate surface area is 110 Å². The molecule has 0 aromatic carbocycles. The Morgan fingerprint density at radius 1 is 1.26 bits per heavy atom. The molecule has 0 amide bonds. The molecule has 3 heterocycles. The van der Waals surface area contributed by atoms with Gasteiger partial charge in [-0.15, -0.1) is 0 Å². The Morgan fingerprint density at radius 2 is 2.16 bits per heavy atom. The molecule has 0 fully saturated rings. The van der Waals surface area contributed by atoms with Crippen LogP contribution < -0.4 is 5.32 Å². The fraction of sp³-hybridized carbons (Fsp3) is 0.308. The van der Waals surface area contributed by atoms with Crippen LogP contribution in [0.4, 0.5) is 0 Å². The first-order valence-electron chi connectivity index (χ1n) is 6.14. The summed E-state index contributed by atoms with van der Waals surface area (Å²) in [5, 5.41) is 11.6. The topological polar surface area (TPSA) is 68.2 Å². The van der Waals surface area contributed by atoms with E-state index in [0.29, 0.717) is 13.1 Å². The lowest BCUT2D eigenvalue weighted by Gasteiger charge is -2.02. The van der Waals surface area contributed by atoms with Crippen molar-refractivity contribution in [3.63, 3.8) is 0 Å². The maximum absolute atomic E-state index is 5.01. The predicted octanol–water partition coefficient (Wildman–Crippen LogP) is 1.62. The Hall–Kier alpha value is -2.21. The van der Waals surface area contributed by atoms with Crippen LogP contribution in [0.15, 0.2) is 29.0 Å². The minimum Gasteiger partial charge on any atom is -0.361 e. The molecule has 1 N–H and O–H groups in total. The van der Waals surface area contributed by atoms with E-state index < -0.39 is 0 Å². The van der Waals surface area contributed by atoms with E-state index in [4.69, 9.17) is 4.52 Å². The van der Waals surface area contributed by atoms with Gasteiger partial charge in [0.1, 0.15) is 5.76 Å². The van der Waals surface area contributed by atoms with Gasteiger partial charge in [0.2, 0.25) is 0 Å². The predicted molar refractivity (Wildman–Crippen MR) is 69.5 cm³/mol. The molecule has 0 aliphatic heterocycles. The molecular weight excluding hydrogens is 242 g/mol. The first kappa shape index (κ1) is 11.9. The maximum atomic E-state index is 5.01. The first-order valence-corrected chi connectivity index (χ1v) is 6.14. The Balaban J connectivity index is 1.64. The van der Waals surface area contributed by atoms with Gasteiger partial charge in [-0.2, -0.15) is 5.10 Å². The van der Waals surface area contributed by atoms with Crippen molar-refractivity contribution in [2.45, 2.75) is 26.9 Å². The van der Waals surface area contributed by atoms with E-state index in [1.807, 2.05) is 38.4 Å². The van der Waals surface area contributed by atoms with Gasteiger partial charge in [0.05, 0.1) is 11.4 Å². The van der Waals surface area contributed by atoms with Gasteiger partial charge in [0, 0.05) is 43.2 Å². The fourth-order valence-electron chi connectivity index (χ4n) is 1.96. The van der Waals surface area contributed by atoms with E-state index in [-0.39, 0.29) is 0 Å². The molecule has 0 saturated heterocycles. The summed E-state index contributed by atoms with van der Waals surface area (Å²) in [6.45, 7) is 5.23. The van der Waals surface area contributed by atoms with Crippen molar-refractivity contribution < 1.29 is 4.52 Å². The molecule has 0 unspecified atom stereocenters. The van der Waals surface area contributed by atoms with Gasteiger partial charge >= 0.3 is 0 Å². The minimum absolute atomic E-state index is 0.674. The zero-order chi connectivity index (χ0) is 13.2. The highest BCUT2D eigenvalue weighted by atomic mass is 16.5. The summed E-state index contributed by atoms with van der Waals surface area (Å²) in [4.78, 5) is 4.36. The van der Waals surface area contributed by atoms with E-state index in [0.717, 1.165) is 28.4 Å². The number of rotatable bonds is 4. The van der Waals surface area contributed by atoms with Gasteiger partial charge in [-0.25, -0.2) is 9.50 Å². The highest BCUT2D eigenvalue weighted by Crippen LogP contribution is 2.05. The van der Waals surface area contributed by atoms with E-state index >= 15 is 0 Å². The summed E-state index contributed by atoms with van der Waals surface area (Å²) in [5.41, 5.74) is 3.82. The van der Waals surface area contributed by atoms with Gasteiger partial charge in [-0.1, -0.05) is 5.16 Å². The lowest BCUT2D eigenvalue weighted by molar-refractivity contribution is 0.388. The molecule has 0 spiro atoms. The number of hydrogen-bond donors (Lipinski definition) is 1. The largest absolute Gasteiger partial charge is 0.361 e. The average Bonchev–Trinajstić information content (AvgIpc) is 2.94. The third-order valence-electron chi connectivity index (χ3n) is 2.80. The van der Waals surface area contributed by atoms with Gasteiger partial charge < -0.3 is 9.84 Å². The lowest BCUT2D eigenvalue weighted by atomic mass is 10.3. The van der Waals surface area contributed by atoms with Crippen LogP contribution in [0.2, 0.25) is 0 Å². The Kier molecular flexibility index (Phi) is 3.00. The molecule has 98 valence electrons. The van der Waals surface area contributed by atoms with Crippen molar-refractivity contribution >= 4 is 5.65 Å². The summed E-state index contributed by atoms with van der Waals surface area (Å²) in [7, 11) is 0. The SMILES string of the molecule is Cc1cc2ncc(CNCc3cc(C)on3)cn2n1. The van der Waals surface area contributed by atoms with Crippen molar-refractivity contribution in [2.24, 2.45) is 0 Å². The summed E-state index contributed by atoms with van der Waals surface area (Å²) >= 11 is 0. The maximum Gasteiger partial charge on any atom is 0.155 e. The van der Waals surface area contributed by atoms with Crippen LogP contribution in [0.5, 0.6) is 0 Å². The molecule has 0 atom stereocenters. The second-order valence-corrected chi connectivity index (χ2v) is 4.58. The molecule has 3 aromatic rings. The van der Waals surface area contributed by atoms with Crippen molar-refractivity contribution in [3.8, 4) is 0 Å². The smallest absolute Gasteiger partial charge is 0.155 e. The highest BCUT2D eigenvalue weighted by Gasteiger charge is 2.02. The van der Waals surface area contributed by atoms with E-state index in [1.165, 1.54) is 0 Å². The Bertz CT molecular complexity index is 700. The van der Waals surface area contributed by atoms with E-state index in [1.54, 1.807) is 4.52 Å². The summed E-state index contributed by atoms with van der Waals surface area (Å²) in [6, 6.07) is 3.88. The second-order valence-electron chi connectivity index (χ2n) is 4.58. The number of nitrogens with one attached hydrogen (secondary N) is 1. The average molecular weight is 257 g/mol. The normalized spacial score (nSPS) is 11.3. The monoisotopic (exact) mass is 257 g/mol. The van der Waals surface area contributed by atoms with Crippen molar-refractivity contribution in [1.29, 1.82) is 0 Å². The van der Waals surface area contributed by atoms with Gasteiger partial charge in [-0.05, 0) is 13.8 Å². The van der Waals surface area contributed by atoms with E-state index in [9.17, 15) is 0 Å². The minimum atomic E-state index is 0.674. The number of fused-ring (bicyclic) bond motifs is 1. The highest BCUT2D eigenvalue weighted by molar-refractivity contribution is 5.38. The van der Waals surface area contributed by atoms with Crippen molar-refractivity contribution in [2.75, 3.05) is 0 Å². The molecule has 6 heteroatoms. The number of hydrogen-bond acceptors (Lipinski definition) is 5. The van der Waals surface area contributed by atoms with Crippen LogP contribution in [0.1, 0.15) is 22.7 Å². The molecule has 3 rings (SSSR count). The third kappa shape index (κ3) is 2.63. The molecule has 0 aliphatic rings. The number of nitrogens with zero attached hydrogens (tertiary/aromatic N) is 4. The number of aryl methyl sites for hydroxylation is 2. The van der Waals surface area contributed by atoms with Crippen molar-refractivity contribution in [3.05, 3.63) is 47.2 Å². The van der Waals surface area contributed by atoms with Crippen LogP contribution in [0, 0.1) is 13.8 Å². The molecule has 0 radical (unpaired) electrons. The van der Waals surface area contributed by atoms with Crippen LogP contribution in [-0.2, 0) is 13.1 Å². The molecule has 19 heavy (non-hydrogen) atoms. The molecule has 6 nitrogen and oxygen atoms in total. The van der Waals surface area contributed by atoms with Crippen LogP contribution in [0.25, 0.3) is 5.65 Å². The van der Waals surface area contributed by atoms with Crippen LogP contribution >= 0.6 is 0 Å². The molecule has 0 saturated carbocycles.